The molecule has 1 aromatic carbocycles. The van der Waals surface area contributed by atoms with E-state index in [0.29, 0.717) is 23.8 Å². The summed E-state index contributed by atoms with van der Waals surface area (Å²) in [5.74, 6) is -0.0380. The lowest BCUT2D eigenvalue weighted by Gasteiger charge is -2.48. The number of piperidine rings is 1. The van der Waals surface area contributed by atoms with Gasteiger partial charge in [-0.25, -0.2) is 10.2 Å². The second kappa shape index (κ2) is 13.7. The Kier molecular flexibility index (Phi) is 11.0. The predicted octanol–water partition coefficient (Wildman–Crippen LogP) is 4.15. The Morgan fingerprint density at radius 2 is 1.68 bits per heavy atom. The van der Waals surface area contributed by atoms with Crippen LogP contribution >= 0.6 is 7.67 Å². The molecule has 1 aromatic rings. The molecule has 1 saturated heterocycles. The van der Waals surface area contributed by atoms with Gasteiger partial charge >= 0.3 is 19.6 Å². The molecule has 6 atom stereocenters. The molecule has 0 amide bonds. The van der Waals surface area contributed by atoms with E-state index in [2.05, 4.69) is 28.9 Å². The van der Waals surface area contributed by atoms with Crippen LogP contribution in [0.25, 0.3) is 0 Å². The quantitative estimate of drug-likeness (QED) is 0.228. The Morgan fingerprint density at radius 1 is 1.05 bits per heavy atom. The zero-order chi connectivity index (χ0) is 29.8. The minimum absolute atomic E-state index is 0.00866. The zero-order valence-corrected chi connectivity index (χ0v) is 25.8. The van der Waals surface area contributed by atoms with Crippen molar-refractivity contribution in [1.29, 1.82) is 0 Å². The molecule has 0 spiro atoms. The van der Waals surface area contributed by atoms with Crippen molar-refractivity contribution in [3.63, 3.8) is 0 Å². The van der Waals surface area contributed by atoms with Crippen molar-refractivity contribution in [1.82, 2.24) is 15.1 Å². The Labute approximate surface area is 237 Å². The van der Waals surface area contributed by atoms with E-state index in [1.54, 1.807) is 28.1 Å². The lowest BCUT2D eigenvalue weighted by Crippen LogP contribution is -2.50. The first-order chi connectivity index (χ1) is 18.8. The number of rotatable bonds is 13. The van der Waals surface area contributed by atoms with E-state index < -0.39 is 37.8 Å². The van der Waals surface area contributed by atoms with Crippen molar-refractivity contribution in [2.75, 3.05) is 27.3 Å². The lowest BCUT2D eigenvalue weighted by atomic mass is 9.79. The van der Waals surface area contributed by atoms with Crippen LogP contribution in [0.2, 0.25) is 0 Å². The summed E-state index contributed by atoms with van der Waals surface area (Å²) >= 11 is 0. The van der Waals surface area contributed by atoms with Gasteiger partial charge in [-0.15, -0.1) is 0 Å². The molecule has 226 valence electrons. The van der Waals surface area contributed by atoms with E-state index in [4.69, 9.17) is 18.7 Å². The van der Waals surface area contributed by atoms with E-state index in [0.717, 1.165) is 31.5 Å². The number of nitrogens with one attached hydrogen (secondary N) is 2. The van der Waals surface area contributed by atoms with Crippen LogP contribution in [0.5, 0.6) is 11.5 Å². The molecule has 40 heavy (non-hydrogen) atoms. The second-order valence-corrected chi connectivity index (χ2v) is 13.3. The van der Waals surface area contributed by atoms with Crippen molar-refractivity contribution in [2.24, 2.45) is 11.8 Å². The summed E-state index contributed by atoms with van der Waals surface area (Å²) in [5, 5.41) is 15.0. The summed E-state index contributed by atoms with van der Waals surface area (Å²) in [5.41, 5.74) is 2.29. The molecular formula is C28H46N3O8P. The molecule has 2 aliphatic heterocycles. The van der Waals surface area contributed by atoms with Crippen LogP contribution in [0.4, 0.5) is 0 Å². The molecule has 12 heteroatoms. The topological polar surface area (TPSA) is 136 Å². The van der Waals surface area contributed by atoms with Crippen LogP contribution in [0.3, 0.4) is 0 Å². The van der Waals surface area contributed by atoms with Gasteiger partial charge in [-0.05, 0) is 82.1 Å². The summed E-state index contributed by atoms with van der Waals surface area (Å²) in [4.78, 5) is 26.7. The largest absolute Gasteiger partial charge is 0.493 e. The fraction of sp³-hybridized carbons (Fsp3) is 0.714. The summed E-state index contributed by atoms with van der Waals surface area (Å²) < 4.78 is 37.0. The van der Waals surface area contributed by atoms with Gasteiger partial charge in [0.1, 0.15) is 12.1 Å². The summed E-state index contributed by atoms with van der Waals surface area (Å²) in [6.45, 7) is 12.3. The van der Waals surface area contributed by atoms with E-state index >= 15 is 0 Å². The van der Waals surface area contributed by atoms with E-state index in [-0.39, 0.29) is 18.1 Å². The number of benzene rings is 1. The van der Waals surface area contributed by atoms with E-state index in [1.165, 1.54) is 19.4 Å². The molecule has 0 aliphatic carbocycles. The molecule has 0 bridgehead atoms. The van der Waals surface area contributed by atoms with Gasteiger partial charge in [0, 0.05) is 19.1 Å². The fourth-order valence-electron chi connectivity index (χ4n) is 5.61. The van der Waals surface area contributed by atoms with Crippen molar-refractivity contribution < 1.29 is 38.0 Å². The number of ether oxygens (including phenoxy) is 3. The Balaban J connectivity index is 1.95. The fourth-order valence-corrected chi connectivity index (χ4v) is 7.68. The monoisotopic (exact) mass is 583 g/mol. The van der Waals surface area contributed by atoms with Crippen molar-refractivity contribution in [2.45, 2.75) is 91.1 Å². The third kappa shape index (κ3) is 7.97. The number of carboxylic acid groups (broad SMARTS) is 1. The number of aliphatic carboxylic acids is 1. The highest BCUT2D eigenvalue weighted by Crippen LogP contribution is 2.49. The molecule has 0 radical (unpaired) electrons. The number of hydrogen-bond acceptors (Lipinski definition) is 8. The highest BCUT2D eigenvalue weighted by molar-refractivity contribution is 7.54. The Bertz CT molecular complexity index is 1100. The minimum Gasteiger partial charge on any atom is -0.493 e. The molecule has 0 saturated carbocycles. The molecule has 4 unspecified atom stereocenters. The molecule has 11 nitrogen and oxygen atoms in total. The summed E-state index contributed by atoms with van der Waals surface area (Å²) in [6, 6.07) is 1.86. The molecule has 0 aromatic heterocycles. The molecular weight excluding hydrogens is 537 g/mol. The number of esters is 1. The number of hydrogen-bond donors (Lipinski definition) is 3. The molecule has 3 rings (SSSR count). The van der Waals surface area contributed by atoms with Crippen LogP contribution in [-0.4, -0.2) is 73.5 Å². The first kappa shape index (κ1) is 32.3. The molecule has 1 fully saturated rings. The first-order valence-electron chi connectivity index (χ1n) is 14.0. The highest BCUT2D eigenvalue weighted by atomic mass is 31.2. The average Bonchev–Trinajstić information content (AvgIpc) is 2.87. The maximum Gasteiger partial charge on any atom is 0.342 e. The number of carbonyl (C=O) groups excluding carboxylic acids is 1. The number of methoxy groups -OCH3 is 2. The first-order valence-corrected chi connectivity index (χ1v) is 15.7. The van der Waals surface area contributed by atoms with Crippen LogP contribution in [0.1, 0.15) is 71.6 Å². The normalized spacial score (nSPS) is 24.0. The highest BCUT2D eigenvalue weighted by Gasteiger charge is 2.44. The number of fused-ring (bicyclic) bond motifs is 3. The van der Waals surface area contributed by atoms with Gasteiger partial charge in [0.25, 0.3) is 0 Å². The van der Waals surface area contributed by atoms with Gasteiger partial charge in [0.15, 0.2) is 11.5 Å². The molecule has 2 heterocycles. The lowest BCUT2D eigenvalue weighted by molar-refractivity contribution is -0.149. The van der Waals surface area contributed by atoms with Crippen LogP contribution in [0, 0.1) is 11.8 Å². The van der Waals surface area contributed by atoms with Gasteiger partial charge in [0.05, 0.1) is 26.4 Å². The van der Waals surface area contributed by atoms with Gasteiger partial charge in [-0.1, -0.05) is 13.8 Å². The van der Waals surface area contributed by atoms with Crippen LogP contribution in [0.15, 0.2) is 12.1 Å². The van der Waals surface area contributed by atoms with Crippen molar-refractivity contribution in [3.05, 3.63) is 23.3 Å². The molecule has 3 N–H and O–H groups in total. The van der Waals surface area contributed by atoms with Crippen LogP contribution < -0.4 is 19.6 Å². The Morgan fingerprint density at radius 3 is 2.25 bits per heavy atom. The van der Waals surface area contributed by atoms with Gasteiger partial charge in [0.2, 0.25) is 0 Å². The SMILES string of the molecule is COc1cc2c(cc1OC)[C@H]1CC(OP(=O)(NC(C)C(=O)O)NC(C)C(=O)OC(C)C)[C@H](CC(C)C)CN1CC2. The number of nitrogens with zero attached hydrogens (tertiary/aromatic N) is 1. The number of carbonyl (C=O) groups is 2. The third-order valence-electron chi connectivity index (χ3n) is 7.42. The average molecular weight is 584 g/mol. The maximum atomic E-state index is 14.3. The predicted molar refractivity (Wildman–Crippen MR) is 152 cm³/mol. The standard InChI is InChI=1S/C28H46N3O8P/c1-16(2)11-21-15-31-10-9-20-12-25(36-7)26(37-8)13-22(20)23(31)14-24(21)39-40(35,29-18(5)27(32)33)30-19(6)28(34)38-17(3)4/h12-13,16-19,21,23-24H,9-11,14-15H2,1-8H3,(H,32,33)(H2,29,30,35)/t18?,19?,21-,23-,24?,40?/m1/s1. The smallest absolute Gasteiger partial charge is 0.342 e. The van der Waals surface area contributed by atoms with Gasteiger partial charge in [-0.3, -0.25) is 19.1 Å². The van der Waals surface area contributed by atoms with Crippen molar-refractivity contribution in [3.8, 4) is 11.5 Å². The zero-order valence-electron chi connectivity index (χ0n) is 24.9. The van der Waals surface area contributed by atoms with E-state index in [1.807, 2.05) is 12.1 Å². The summed E-state index contributed by atoms with van der Waals surface area (Å²) in [7, 11) is -0.807. The Hall–Kier alpha value is -2.17. The van der Waals surface area contributed by atoms with Crippen LogP contribution in [-0.2, 0) is 29.8 Å². The van der Waals surface area contributed by atoms with Gasteiger partial charge < -0.3 is 23.8 Å². The van der Waals surface area contributed by atoms with Gasteiger partial charge in [-0.2, -0.15) is 0 Å². The van der Waals surface area contributed by atoms with Crippen molar-refractivity contribution >= 4 is 19.6 Å². The number of carboxylic acids is 1. The second-order valence-electron chi connectivity index (χ2n) is 11.5. The maximum absolute atomic E-state index is 14.3. The minimum atomic E-state index is -4.04. The van der Waals surface area contributed by atoms with E-state index in [9.17, 15) is 19.3 Å². The third-order valence-corrected chi connectivity index (χ3v) is 9.45. The summed E-state index contributed by atoms with van der Waals surface area (Å²) in [6.07, 6.45) is 1.43. The molecule has 2 aliphatic rings.